The monoisotopic (exact) mass is 282 g/mol. The first-order valence-corrected chi connectivity index (χ1v) is 7.16. The van der Waals surface area contributed by atoms with Crippen LogP contribution in [0.5, 0.6) is 0 Å². The van der Waals surface area contributed by atoms with E-state index in [4.69, 9.17) is 18.4 Å². The van der Waals surface area contributed by atoms with Gasteiger partial charge in [0, 0.05) is 25.4 Å². The predicted molar refractivity (Wildman–Crippen MR) is 72.4 cm³/mol. The van der Waals surface area contributed by atoms with Crippen LogP contribution in [0.15, 0.2) is 11.3 Å². The Hall–Kier alpha value is -0.343. The quantitative estimate of drug-likeness (QED) is 0.542. The average molecular weight is 282 g/mol. The van der Waals surface area contributed by atoms with Gasteiger partial charge in [-0.15, -0.1) is 0 Å². The van der Waals surface area contributed by atoms with Crippen LogP contribution in [-0.4, -0.2) is 39.7 Å². The van der Waals surface area contributed by atoms with E-state index in [0.717, 1.165) is 0 Å². The van der Waals surface area contributed by atoms with Gasteiger partial charge in [0.15, 0.2) is 0 Å². The summed E-state index contributed by atoms with van der Waals surface area (Å²) in [6.07, 6.45) is 0. The molecule has 0 aliphatic carbocycles. The number of rotatable bonds is 8. The van der Waals surface area contributed by atoms with Crippen LogP contribution in [0.2, 0.25) is 0 Å². The van der Waals surface area contributed by atoms with Crippen molar-refractivity contribution in [1.82, 2.24) is 0 Å². The first kappa shape index (κ1) is 19.0. The highest BCUT2D eigenvalue weighted by molar-refractivity contribution is 7.59. The molecule has 0 saturated heterocycles. The summed E-state index contributed by atoms with van der Waals surface area (Å²) >= 11 is 0. The third-order valence-electron chi connectivity index (χ3n) is 1.77. The van der Waals surface area contributed by atoms with E-state index in [1.807, 2.05) is 20.8 Å². The van der Waals surface area contributed by atoms with E-state index in [1.165, 1.54) is 12.6 Å². The number of aliphatic carboxylic acids is 1. The molecule has 0 rings (SSSR count). The molecule has 5 nitrogen and oxygen atoms in total. The van der Waals surface area contributed by atoms with Crippen LogP contribution in [0.25, 0.3) is 0 Å². The molecular weight excluding hydrogens is 260 g/mol. The largest absolute Gasteiger partial charge is 0.530 e. The van der Waals surface area contributed by atoms with Crippen molar-refractivity contribution in [3.05, 3.63) is 11.3 Å². The van der Waals surface area contributed by atoms with Gasteiger partial charge in [0.05, 0.1) is 0 Å². The van der Waals surface area contributed by atoms with Crippen molar-refractivity contribution in [2.24, 2.45) is 0 Å². The summed E-state index contributed by atoms with van der Waals surface area (Å²) in [6.45, 7) is 8.25. The number of hydrogen-bond acceptors (Lipinski definition) is 4. The smallest absolute Gasteiger partial charge is 0.478 e. The Labute approximate surface area is 111 Å². The van der Waals surface area contributed by atoms with E-state index >= 15 is 0 Å². The summed E-state index contributed by atoms with van der Waals surface area (Å²) in [6, 6.07) is 0. The zero-order valence-corrected chi connectivity index (χ0v) is 12.8. The minimum Gasteiger partial charge on any atom is -0.478 e. The van der Waals surface area contributed by atoms with E-state index in [1.54, 1.807) is 0 Å². The first-order valence-electron chi connectivity index (χ1n) is 5.35. The highest BCUT2D eigenvalue weighted by Crippen LogP contribution is 2.14. The molecule has 7 heteroatoms. The summed E-state index contributed by atoms with van der Waals surface area (Å²) in [7, 11) is -2.96. The summed E-state index contributed by atoms with van der Waals surface area (Å²) in [4.78, 5) is 10.8. The number of carboxylic acids is 1. The second kappa shape index (κ2) is 9.66. The van der Waals surface area contributed by atoms with Crippen LogP contribution in [0.1, 0.15) is 27.7 Å². The second-order valence-electron chi connectivity index (χ2n) is 3.04. The van der Waals surface area contributed by atoms with Gasteiger partial charge < -0.3 is 18.4 Å². The van der Waals surface area contributed by atoms with Gasteiger partial charge in [-0.3, -0.25) is 0 Å². The van der Waals surface area contributed by atoms with Crippen LogP contribution in [0, 0.1) is 0 Å². The molecule has 0 aromatic rings. The highest BCUT2D eigenvalue weighted by Gasteiger charge is 2.38. The minimum absolute atomic E-state index is 0. The molecule has 0 atom stereocenters. The van der Waals surface area contributed by atoms with Gasteiger partial charge in [-0.25, -0.2) is 4.79 Å². The van der Waals surface area contributed by atoms with Crippen LogP contribution in [0.4, 0.5) is 0 Å². The Kier molecular flexibility index (Phi) is 10.8. The molecule has 0 heterocycles. The third-order valence-corrected chi connectivity index (χ3v) is 4.63. The van der Waals surface area contributed by atoms with Gasteiger partial charge in [-0.05, 0) is 33.4 Å². The Morgan fingerprint density at radius 2 is 1.47 bits per heavy atom. The molecule has 102 valence electrons. The van der Waals surface area contributed by atoms with Gasteiger partial charge in [0.1, 0.15) is 0 Å². The molecule has 0 amide bonds. The number of carbonyl (C=O) groups is 1. The van der Waals surface area contributed by atoms with Crippen molar-refractivity contribution in [3.8, 4) is 0 Å². The molecule has 0 bridgehead atoms. The summed E-state index contributed by atoms with van der Waals surface area (Å²) in [5.41, 5.74) is 1.66. The van der Waals surface area contributed by atoms with Crippen LogP contribution >= 0.6 is 13.5 Å². The second-order valence-corrected chi connectivity index (χ2v) is 5.40. The summed E-state index contributed by atoms with van der Waals surface area (Å²) in [5.74, 6) is -0.990. The zero-order valence-electron chi connectivity index (χ0n) is 10.8. The minimum atomic E-state index is -2.96. The van der Waals surface area contributed by atoms with Gasteiger partial charge in [-0.2, -0.15) is 13.5 Å². The molecule has 0 aromatic carbocycles. The SMILES string of the molecule is CCO[Si](C=C(C)C(=O)O)(OCC)OCC.S. The topological polar surface area (TPSA) is 65.0 Å². The lowest BCUT2D eigenvalue weighted by Gasteiger charge is -2.25. The summed E-state index contributed by atoms with van der Waals surface area (Å²) < 4.78 is 16.5. The van der Waals surface area contributed by atoms with Crippen molar-refractivity contribution in [2.45, 2.75) is 27.7 Å². The Morgan fingerprint density at radius 3 is 1.71 bits per heavy atom. The van der Waals surface area contributed by atoms with Crippen LogP contribution in [0.3, 0.4) is 0 Å². The zero-order chi connectivity index (χ0) is 12.6. The molecular formula is C10H22O5SSi. The van der Waals surface area contributed by atoms with Gasteiger partial charge in [0.2, 0.25) is 0 Å². The number of carboxylic acid groups (broad SMARTS) is 1. The lowest BCUT2D eigenvalue weighted by molar-refractivity contribution is -0.132. The number of hydrogen-bond donors (Lipinski definition) is 1. The molecule has 17 heavy (non-hydrogen) atoms. The van der Waals surface area contributed by atoms with Crippen LogP contribution < -0.4 is 0 Å². The molecule has 0 fully saturated rings. The molecule has 0 saturated carbocycles. The fraction of sp³-hybridized carbons (Fsp3) is 0.700. The highest BCUT2D eigenvalue weighted by atomic mass is 32.1. The molecule has 1 N–H and O–H groups in total. The molecule has 0 aliphatic heterocycles. The van der Waals surface area contributed by atoms with E-state index in [-0.39, 0.29) is 19.1 Å². The Morgan fingerprint density at radius 1 is 1.12 bits per heavy atom. The molecule has 0 aromatic heterocycles. The van der Waals surface area contributed by atoms with Gasteiger partial charge in [0.25, 0.3) is 0 Å². The average Bonchev–Trinajstić information content (AvgIpc) is 2.18. The van der Waals surface area contributed by atoms with E-state index in [9.17, 15) is 4.79 Å². The lowest BCUT2D eigenvalue weighted by Crippen LogP contribution is -2.45. The van der Waals surface area contributed by atoms with E-state index in [0.29, 0.717) is 19.8 Å². The molecule has 0 unspecified atom stereocenters. The van der Waals surface area contributed by atoms with Crippen molar-refractivity contribution in [1.29, 1.82) is 0 Å². The maximum Gasteiger partial charge on any atom is 0.530 e. The molecule has 0 aliphatic rings. The van der Waals surface area contributed by atoms with Crippen molar-refractivity contribution in [3.63, 3.8) is 0 Å². The predicted octanol–water partition coefficient (Wildman–Crippen LogP) is 1.72. The normalized spacial score (nSPS) is 12.1. The van der Waals surface area contributed by atoms with Crippen LogP contribution in [-0.2, 0) is 18.1 Å². The maximum atomic E-state index is 10.8. The van der Waals surface area contributed by atoms with Crippen molar-refractivity contribution >= 4 is 28.3 Å². The third kappa shape index (κ3) is 6.84. The Balaban J connectivity index is 0. The first-order chi connectivity index (χ1) is 7.51. The van der Waals surface area contributed by atoms with E-state index < -0.39 is 14.8 Å². The molecule has 0 radical (unpaired) electrons. The summed E-state index contributed by atoms with van der Waals surface area (Å²) in [5, 5.41) is 8.84. The fourth-order valence-corrected chi connectivity index (χ4v) is 3.54. The fourth-order valence-electron chi connectivity index (χ4n) is 1.18. The maximum absolute atomic E-state index is 10.8. The van der Waals surface area contributed by atoms with E-state index in [2.05, 4.69) is 0 Å². The van der Waals surface area contributed by atoms with Gasteiger partial charge >= 0.3 is 14.8 Å². The Bertz CT molecular complexity index is 240. The van der Waals surface area contributed by atoms with Crippen molar-refractivity contribution in [2.75, 3.05) is 19.8 Å². The van der Waals surface area contributed by atoms with Crippen molar-refractivity contribution < 1.29 is 23.2 Å². The van der Waals surface area contributed by atoms with Gasteiger partial charge in [-0.1, -0.05) is 0 Å². The lowest BCUT2D eigenvalue weighted by atomic mass is 10.4. The standard InChI is InChI=1S/C10H20O5Si.H2S/c1-5-13-16(14-6-2,15-7-3)8-9(4)10(11)12;/h8H,5-7H2,1-4H3,(H,11,12);1H2. The molecule has 0 spiro atoms.